The molecule has 1 fully saturated rings. The maximum absolute atomic E-state index is 13.5. The third-order valence-electron chi connectivity index (χ3n) is 7.17. The number of hydrogen-bond acceptors (Lipinski definition) is 5. The fourth-order valence-electron chi connectivity index (χ4n) is 5.23. The molecule has 1 aliphatic heterocycles. The first-order chi connectivity index (χ1) is 18.4. The van der Waals surface area contributed by atoms with Gasteiger partial charge in [-0.1, -0.05) is 38.1 Å². The van der Waals surface area contributed by atoms with E-state index in [9.17, 15) is 14.7 Å². The minimum Gasteiger partial charge on any atom is -0.507 e. The summed E-state index contributed by atoms with van der Waals surface area (Å²) < 4.78 is 11.2. The smallest absolute Gasteiger partial charge is 0.300 e. The highest BCUT2D eigenvalue weighted by atomic mass is 16.5. The van der Waals surface area contributed by atoms with Crippen molar-refractivity contribution in [2.24, 2.45) is 5.92 Å². The van der Waals surface area contributed by atoms with Crippen molar-refractivity contribution in [1.82, 2.24) is 0 Å². The summed E-state index contributed by atoms with van der Waals surface area (Å²) in [4.78, 5) is 28.5. The normalized spacial score (nSPS) is 18.5. The van der Waals surface area contributed by atoms with Crippen LogP contribution in [0.25, 0.3) is 5.76 Å². The number of Topliss-reactive ketones (excluding diaryl/α,β-unsaturated/α-hetero) is 1. The number of anilines is 1. The lowest BCUT2D eigenvalue weighted by atomic mass is 9.88. The van der Waals surface area contributed by atoms with E-state index >= 15 is 0 Å². The molecule has 1 N–H and O–H groups in total. The van der Waals surface area contributed by atoms with Gasteiger partial charge in [0, 0.05) is 11.3 Å². The number of hydrogen-bond donors (Lipinski definition) is 1. The number of rotatable bonds is 7. The summed E-state index contributed by atoms with van der Waals surface area (Å²) in [6, 6.07) is 19.4. The highest BCUT2D eigenvalue weighted by molar-refractivity contribution is 6.51. The Kier molecular flexibility index (Phi) is 7.23. The Morgan fingerprint density at radius 2 is 1.68 bits per heavy atom. The van der Waals surface area contributed by atoms with E-state index in [0.717, 1.165) is 25.7 Å². The fraction of sp³-hybridized carbons (Fsp3) is 0.312. The first kappa shape index (κ1) is 25.6. The van der Waals surface area contributed by atoms with Crippen LogP contribution in [0.1, 0.15) is 55.0 Å². The van der Waals surface area contributed by atoms with E-state index in [1.165, 1.54) is 16.0 Å². The molecule has 196 valence electrons. The molecule has 1 unspecified atom stereocenters. The molecule has 1 atom stereocenters. The van der Waals surface area contributed by atoms with Crippen molar-refractivity contribution in [3.63, 3.8) is 0 Å². The molecule has 3 aromatic rings. The van der Waals surface area contributed by atoms with E-state index in [-0.39, 0.29) is 11.3 Å². The number of aliphatic hydroxyl groups is 1. The van der Waals surface area contributed by atoms with Crippen LogP contribution in [0.15, 0.2) is 72.3 Å². The van der Waals surface area contributed by atoms with Crippen LogP contribution >= 0.6 is 0 Å². The van der Waals surface area contributed by atoms with Gasteiger partial charge in [-0.3, -0.25) is 14.5 Å². The van der Waals surface area contributed by atoms with E-state index in [0.29, 0.717) is 40.8 Å². The quantitative estimate of drug-likeness (QED) is 0.231. The topological polar surface area (TPSA) is 76.1 Å². The summed E-state index contributed by atoms with van der Waals surface area (Å²) in [6.45, 7) is 4.73. The van der Waals surface area contributed by atoms with Crippen LogP contribution in [-0.4, -0.2) is 30.5 Å². The highest BCUT2D eigenvalue weighted by Gasteiger charge is 2.47. The molecule has 5 rings (SSSR count). The molecule has 0 aromatic heterocycles. The standard InChI is InChI=1S/C32H33NO5/c1-20(2)19-38-26-15-13-25(14-16-26)33-29(23-9-6-10-27(18-23)37-3)28(31(35)32(33)36)30(34)24-12-11-21-7-4-5-8-22(21)17-24/h6,9-18,20,29,34H,4-5,7-8,19H2,1-3H3/b30-28-. The molecule has 0 radical (unpaired) electrons. The number of fused-ring (bicyclic) bond motifs is 1. The summed E-state index contributed by atoms with van der Waals surface area (Å²) in [5.41, 5.74) is 4.29. The molecule has 1 amide bonds. The third kappa shape index (κ3) is 4.91. The zero-order valence-corrected chi connectivity index (χ0v) is 22.1. The molecule has 0 saturated carbocycles. The van der Waals surface area contributed by atoms with Gasteiger partial charge in [-0.2, -0.15) is 0 Å². The van der Waals surface area contributed by atoms with Crippen molar-refractivity contribution >= 4 is 23.1 Å². The lowest BCUT2D eigenvalue weighted by molar-refractivity contribution is -0.132. The number of ketones is 1. The molecule has 3 aromatic carbocycles. The molecular formula is C32H33NO5. The van der Waals surface area contributed by atoms with Gasteiger partial charge in [0.1, 0.15) is 17.3 Å². The van der Waals surface area contributed by atoms with Crippen molar-refractivity contribution in [2.75, 3.05) is 18.6 Å². The number of aliphatic hydroxyl groups excluding tert-OH is 1. The summed E-state index contributed by atoms with van der Waals surface area (Å²) in [7, 11) is 1.57. The molecule has 1 aliphatic carbocycles. The summed E-state index contributed by atoms with van der Waals surface area (Å²) >= 11 is 0. The first-order valence-electron chi connectivity index (χ1n) is 13.2. The zero-order valence-electron chi connectivity index (χ0n) is 22.1. The molecule has 6 heteroatoms. The summed E-state index contributed by atoms with van der Waals surface area (Å²) in [5.74, 6) is 0.0970. The zero-order chi connectivity index (χ0) is 26.8. The van der Waals surface area contributed by atoms with Crippen LogP contribution in [0.4, 0.5) is 5.69 Å². The molecule has 2 aliphatic rings. The number of carbonyl (C=O) groups is 2. The lowest BCUT2D eigenvalue weighted by Gasteiger charge is -2.26. The van der Waals surface area contributed by atoms with E-state index < -0.39 is 17.7 Å². The number of benzene rings is 3. The number of ether oxygens (including phenoxy) is 2. The van der Waals surface area contributed by atoms with Crippen LogP contribution in [-0.2, 0) is 22.4 Å². The Balaban J connectivity index is 1.61. The van der Waals surface area contributed by atoms with Crippen LogP contribution in [0.5, 0.6) is 11.5 Å². The monoisotopic (exact) mass is 511 g/mol. The predicted octanol–water partition coefficient (Wildman–Crippen LogP) is 6.24. The van der Waals surface area contributed by atoms with Crippen molar-refractivity contribution in [3.8, 4) is 11.5 Å². The Bertz CT molecular complexity index is 1390. The highest BCUT2D eigenvalue weighted by Crippen LogP contribution is 2.43. The van der Waals surface area contributed by atoms with E-state index in [4.69, 9.17) is 9.47 Å². The molecule has 0 spiro atoms. The second-order valence-electron chi connectivity index (χ2n) is 10.3. The van der Waals surface area contributed by atoms with Crippen molar-refractivity contribution in [2.45, 2.75) is 45.6 Å². The molecule has 0 bridgehead atoms. The van der Waals surface area contributed by atoms with Crippen LogP contribution in [0.3, 0.4) is 0 Å². The molecule has 6 nitrogen and oxygen atoms in total. The first-order valence-corrected chi connectivity index (χ1v) is 13.2. The van der Waals surface area contributed by atoms with E-state index in [1.807, 2.05) is 30.3 Å². The minimum atomic E-state index is -0.816. The van der Waals surface area contributed by atoms with Gasteiger partial charge in [0.15, 0.2) is 0 Å². The Labute approximate surface area is 223 Å². The van der Waals surface area contributed by atoms with Crippen molar-refractivity contribution < 1.29 is 24.2 Å². The number of methoxy groups -OCH3 is 1. The van der Waals surface area contributed by atoms with Gasteiger partial charge in [0.2, 0.25) is 0 Å². The van der Waals surface area contributed by atoms with Gasteiger partial charge < -0.3 is 14.6 Å². The maximum Gasteiger partial charge on any atom is 0.300 e. The number of nitrogens with zero attached hydrogens (tertiary/aromatic N) is 1. The van der Waals surface area contributed by atoms with Gasteiger partial charge in [0.05, 0.1) is 25.3 Å². The Hall–Kier alpha value is -4.06. The van der Waals surface area contributed by atoms with Gasteiger partial charge in [-0.15, -0.1) is 0 Å². The van der Waals surface area contributed by atoms with Gasteiger partial charge >= 0.3 is 0 Å². The third-order valence-corrected chi connectivity index (χ3v) is 7.17. The SMILES string of the molecule is COc1cccc(C2/C(=C(/O)c3ccc4c(c3)CCCC4)C(=O)C(=O)N2c2ccc(OCC(C)C)cc2)c1. The van der Waals surface area contributed by atoms with Gasteiger partial charge in [-0.05, 0) is 90.8 Å². The minimum absolute atomic E-state index is 0.0687. The average Bonchev–Trinajstić information content (AvgIpc) is 3.21. The van der Waals surface area contributed by atoms with Crippen molar-refractivity contribution in [3.05, 3.63) is 94.6 Å². The number of amides is 1. The molecular weight excluding hydrogens is 478 g/mol. The summed E-state index contributed by atoms with van der Waals surface area (Å²) in [5, 5.41) is 11.5. The average molecular weight is 512 g/mol. The Morgan fingerprint density at radius 1 is 0.947 bits per heavy atom. The number of carbonyl (C=O) groups excluding carboxylic acids is 2. The van der Waals surface area contributed by atoms with E-state index in [1.54, 1.807) is 43.5 Å². The van der Waals surface area contributed by atoms with E-state index in [2.05, 4.69) is 13.8 Å². The number of aryl methyl sites for hydroxylation is 2. The second kappa shape index (κ2) is 10.7. The largest absolute Gasteiger partial charge is 0.507 e. The molecule has 1 heterocycles. The predicted molar refractivity (Wildman–Crippen MR) is 148 cm³/mol. The molecule has 1 saturated heterocycles. The Morgan fingerprint density at radius 3 is 2.39 bits per heavy atom. The summed E-state index contributed by atoms with van der Waals surface area (Å²) in [6.07, 6.45) is 4.21. The van der Waals surface area contributed by atoms with Crippen LogP contribution in [0.2, 0.25) is 0 Å². The lowest BCUT2D eigenvalue weighted by Crippen LogP contribution is -2.29. The molecule has 38 heavy (non-hydrogen) atoms. The second-order valence-corrected chi connectivity index (χ2v) is 10.3. The van der Waals surface area contributed by atoms with Gasteiger partial charge in [-0.25, -0.2) is 0 Å². The van der Waals surface area contributed by atoms with Gasteiger partial charge in [0.25, 0.3) is 11.7 Å². The fourth-order valence-corrected chi connectivity index (χ4v) is 5.23. The van der Waals surface area contributed by atoms with Crippen molar-refractivity contribution in [1.29, 1.82) is 0 Å². The van der Waals surface area contributed by atoms with Crippen LogP contribution in [0, 0.1) is 5.92 Å². The van der Waals surface area contributed by atoms with Crippen LogP contribution < -0.4 is 14.4 Å². The maximum atomic E-state index is 13.5.